The molecule has 2 aromatic carbocycles. The van der Waals surface area contributed by atoms with Gasteiger partial charge in [0.1, 0.15) is 0 Å². The molecule has 1 atom stereocenters. The summed E-state index contributed by atoms with van der Waals surface area (Å²) in [5.74, 6) is -1.84. The van der Waals surface area contributed by atoms with E-state index in [2.05, 4.69) is 0 Å². The summed E-state index contributed by atoms with van der Waals surface area (Å²) >= 11 is 0. The number of nitriles is 1. The monoisotopic (exact) mass is 296 g/mol. The average Bonchev–Trinajstić information content (AvgIpc) is 2.52. The van der Waals surface area contributed by atoms with Gasteiger partial charge in [-0.25, -0.2) is 0 Å². The number of nitro groups is 1. The summed E-state index contributed by atoms with van der Waals surface area (Å²) in [6, 6.07) is 14.2. The Balaban J connectivity index is 2.28. The summed E-state index contributed by atoms with van der Waals surface area (Å²) in [6.07, 6.45) is 0.211. The van der Waals surface area contributed by atoms with Crippen molar-refractivity contribution in [1.82, 2.24) is 0 Å². The minimum absolute atomic E-state index is 0.0839. The number of benzene rings is 2. The van der Waals surface area contributed by atoms with Gasteiger partial charge in [-0.1, -0.05) is 24.3 Å². The van der Waals surface area contributed by atoms with E-state index < -0.39 is 16.8 Å². The van der Waals surface area contributed by atoms with E-state index in [-0.39, 0.29) is 12.1 Å². The maximum absolute atomic E-state index is 11.5. The van der Waals surface area contributed by atoms with Gasteiger partial charge in [0.05, 0.1) is 22.5 Å². The molecule has 0 bridgehead atoms. The smallest absolute Gasteiger partial charge is 0.311 e. The van der Waals surface area contributed by atoms with Crippen molar-refractivity contribution in [2.75, 3.05) is 0 Å². The highest BCUT2D eigenvalue weighted by molar-refractivity contribution is 5.76. The molecule has 0 heterocycles. The fourth-order valence-electron chi connectivity index (χ4n) is 2.18. The number of nitro benzene ring substituents is 1. The lowest BCUT2D eigenvalue weighted by molar-refractivity contribution is -0.384. The van der Waals surface area contributed by atoms with Crippen LogP contribution in [0, 0.1) is 21.4 Å². The molecule has 0 spiro atoms. The summed E-state index contributed by atoms with van der Waals surface area (Å²) < 4.78 is 0. The van der Waals surface area contributed by atoms with Crippen molar-refractivity contribution in [2.45, 2.75) is 12.3 Å². The second kappa shape index (κ2) is 6.50. The standard InChI is InChI=1S/C16H12N2O4/c17-10-12-3-1-2-11(8-12)9-15(16(19)20)13-4-6-14(7-5-13)18(21)22/h1-8,15H,9H2,(H,19,20). The second-order valence-electron chi connectivity index (χ2n) is 4.76. The van der Waals surface area contributed by atoms with Crippen molar-refractivity contribution in [3.05, 3.63) is 75.3 Å². The first-order valence-electron chi connectivity index (χ1n) is 6.47. The van der Waals surface area contributed by atoms with Gasteiger partial charge in [0.15, 0.2) is 0 Å². The van der Waals surface area contributed by atoms with Crippen molar-refractivity contribution in [3.8, 4) is 6.07 Å². The molecule has 0 saturated heterocycles. The fourth-order valence-corrected chi connectivity index (χ4v) is 2.18. The Kier molecular flexibility index (Phi) is 4.49. The van der Waals surface area contributed by atoms with E-state index >= 15 is 0 Å². The zero-order chi connectivity index (χ0) is 16.1. The summed E-state index contributed by atoms with van der Waals surface area (Å²) in [5, 5.41) is 28.9. The molecule has 0 aliphatic carbocycles. The molecule has 1 unspecified atom stereocenters. The number of rotatable bonds is 5. The number of hydrogen-bond donors (Lipinski definition) is 1. The van der Waals surface area contributed by atoms with Crippen LogP contribution in [0.4, 0.5) is 5.69 Å². The largest absolute Gasteiger partial charge is 0.481 e. The maximum Gasteiger partial charge on any atom is 0.311 e. The van der Waals surface area contributed by atoms with E-state index in [0.29, 0.717) is 11.1 Å². The molecule has 0 saturated carbocycles. The first-order chi connectivity index (χ1) is 10.5. The van der Waals surface area contributed by atoms with Crippen LogP contribution in [0.1, 0.15) is 22.6 Å². The van der Waals surface area contributed by atoms with E-state index in [4.69, 9.17) is 5.26 Å². The van der Waals surface area contributed by atoms with E-state index in [1.807, 2.05) is 6.07 Å². The van der Waals surface area contributed by atoms with Crippen LogP contribution >= 0.6 is 0 Å². The number of carboxylic acids is 1. The fraction of sp³-hybridized carbons (Fsp3) is 0.125. The predicted octanol–water partition coefficient (Wildman–Crippen LogP) is 2.88. The Morgan fingerprint density at radius 3 is 2.50 bits per heavy atom. The van der Waals surface area contributed by atoms with E-state index in [0.717, 1.165) is 5.56 Å². The van der Waals surface area contributed by atoms with Crippen LogP contribution in [0.3, 0.4) is 0 Å². The van der Waals surface area contributed by atoms with Crippen molar-refractivity contribution in [1.29, 1.82) is 5.26 Å². The Morgan fingerprint density at radius 1 is 1.27 bits per heavy atom. The Labute approximate surface area is 126 Å². The number of hydrogen-bond acceptors (Lipinski definition) is 4. The normalized spacial score (nSPS) is 11.4. The molecule has 0 aliphatic heterocycles. The van der Waals surface area contributed by atoms with Gasteiger partial charge in [-0.05, 0) is 29.7 Å². The number of carbonyl (C=O) groups is 1. The van der Waals surface area contributed by atoms with Gasteiger partial charge in [-0.3, -0.25) is 14.9 Å². The van der Waals surface area contributed by atoms with E-state index in [9.17, 15) is 20.0 Å². The van der Waals surface area contributed by atoms with Crippen molar-refractivity contribution < 1.29 is 14.8 Å². The highest BCUT2D eigenvalue weighted by atomic mass is 16.6. The Hall–Kier alpha value is -3.20. The molecular formula is C16H12N2O4. The third-order valence-electron chi connectivity index (χ3n) is 3.30. The lowest BCUT2D eigenvalue weighted by Gasteiger charge is -2.13. The summed E-state index contributed by atoms with van der Waals surface area (Å²) in [7, 11) is 0. The number of carboxylic acid groups (broad SMARTS) is 1. The van der Waals surface area contributed by atoms with E-state index in [1.165, 1.54) is 24.3 Å². The Morgan fingerprint density at radius 2 is 1.95 bits per heavy atom. The molecule has 2 rings (SSSR count). The second-order valence-corrected chi connectivity index (χ2v) is 4.76. The van der Waals surface area contributed by atoms with Crippen LogP contribution in [0.15, 0.2) is 48.5 Å². The van der Waals surface area contributed by atoms with Gasteiger partial charge in [-0.15, -0.1) is 0 Å². The lowest BCUT2D eigenvalue weighted by Crippen LogP contribution is -2.14. The molecule has 0 aliphatic rings. The molecule has 6 nitrogen and oxygen atoms in total. The lowest BCUT2D eigenvalue weighted by atomic mass is 9.91. The van der Waals surface area contributed by atoms with Crippen molar-refractivity contribution in [3.63, 3.8) is 0 Å². The zero-order valence-electron chi connectivity index (χ0n) is 11.5. The third-order valence-corrected chi connectivity index (χ3v) is 3.30. The molecule has 0 aromatic heterocycles. The van der Waals surface area contributed by atoms with Crippen LogP contribution < -0.4 is 0 Å². The summed E-state index contributed by atoms with van der Waals surface area (Å²) in [5.41, 5.74) is 1.59. The number of nitrogens with zero attached hydrogens (tertiary/aromatic N) is 2. The van der Waals surface area contributed by atoms with Crippen molar-refractivity contribution >= 4 is 11.7 Å². The predicted molar refractivity (Wildman–Crippen MR) is 78.3 cm³/mol. The van der Waals surface area contributed by atoms with Gasteiger partial charge < -0.3 is 5.11 Å². The van der Waals surface area contributed by atoms with Crippen LogP contribution in [0.5, 0.6) is 0 Å². The van der Waals surface area contributed by atoms with Crippen LogP contribution in [0.2, 0.25) is 0 Å². The average molecular weight is 296 g/mol. The molecule has 0 amide bonds. The van der Waals surface area contributed by atoms with Crippen molar-refractivity contribution in [2.24, 2.45) is 0 Å². The van der Waals surface area contributed by atoms with Gasteiger partial charge in [0.25, 0.3) is 5.69 Å². The SMILES string of the molecule is N#Cc1cccc(CC(C(=O)O)c2ccc([N+](=O)[O-])cc2)c1. The summed E-state index contributed by atoms with van der Waals surface area (Å²) in [6.45, 7) is 0. The topological polar surface area (TPSA) is 104 Å². The first-order valence-corrected chi connectivity index (χ1v) is 6.47. The molecular weight excluding hydrogens is 284 g/mol. The molecule has 22 heavy (non-hydrogen) atoms. The Bertz CT molecular complexity index is 747. The van der Waals surface area contributed by atoms with Crippen LogP contribution in [0.25, 0.3) is 0 Å². The van der Waals surface area contributed by atoms with Crippen LogP contribution in [-0.2, 0) is 11.2 Å². The van der Waals surface area contributed by atoms with Crippen LogP contribution in [-0.4, -0.2) is 16.0 Å². The highest BCUT2D eigenvalue weighted by Gasteiger charge is 2.21. The number of aliphatic carboxylic acids is 1. The van der Waals surface area contributed by atoms with Gasteiger partial charge in [0.2, 0.25) is 0 Å². The van der Waals surface area contributed by atoms with E-state index in [1.54, 1.807) is 24.3 Å². The third kappa shape index (κ3) is 3.46. The first kappa shape index (κ1) is 15.2. The van der Waals surface area contributed by atoms with Gasteiger partial charge >= 0.3 is 5.97 Å². The quantitative estimate of drug-likeness (QED) is 0.674. The minimum atomic E-state index is -1.02. The van der Waals surface area contributed by atoms with Gasteiger partial charge in [-0.2, -0.15) is 5.26 Å². The molecule has 110 valence electrons. The minimum Gasteiger partial charge on any atom is -0.481 e. The van der Waals surface area contributed by atoms with Gasteiger partial charge in [0, 0.05) is 12.1 Å². The molecule has 2 aromatic rings. The molecule has 6 heteroatoms. The molecule has 1 N–H and O–H groups in total. The maximum atomic E-state index is 11.5. The molecule has 0 radical (unpaired) electrons. The summed E-state index contributed by atoms with van der Waals surface area (Å²) in [4.78, 5) is 21.6. The highest BCUT2D eigenvalue weighted by Crippen LogP contribution is 2.24. The number of non-ortho nitro benzene ring substituents is 1. The molecule has 0 fully saturated rings. The zero-order valence-corrected chi connectivity index (χ0v) is 11.5.